The standard InChI is InChI=1S/C14H15BrN2OS/c1-2-4-11(13-5-3-8-19-13)17-14(18)12-7-6-10(15)9-16-12/h3,5-9,11H,2,4H2,1H3,(H,17,18). The van der Waals surface area contributed by atoms with Crippen molar-refractivity contribution < 1.29 is 4.79 Å². The number of carbonyl (C=O) groups excluding carboxylic acids is 1. The van der Waals surface area contributed by atoms with Gasteiger partial charge in [-0.05, 0) is 45.9 Å². The Balaban J connectivity index is 2.09. The van der Waals surface area contributed by atoms with Gasteiger partial charge in [0.1, 0.15) is 5.69 Å². The van der Waals surface area contributed by atoms with Gasteiger partial charge in [0.2, 0.25) is 0 Å². The van der Waals surface area contributed by atoms with Crippen molar-refractivity contribution in [3.63, 3.8) is 0 Å². The van der Waals surface area contributed by atoms with Gasteiger partial charge >= 0.3 is 0 Å². The van der Waals surface area contributed by atoms with Crippen molar-refractivity contribution in [2.24, 2.45) is 0 Å². The van der Waals surface area contributed by atoms with E-state index < -0.39 is 0 Å². The number of pyridine rings is 1. The van der Waals surface area contributed by atoms with Crippen molar-refractivity contribution in [3.05, 3.63) is 50.9 Å². The Morgan fingerprint density at radius 1 is 1.47 bits per heavy atom. The number of amides is 1. The Hall–Kier alpha value is -1.20. The lowest BCUT2D eigenvalue weighted by molar-refractivity contribution is 0.0930. The lowest BCUT2D eigenvalue weighted by Crippen LogP contribution is -2.28. The predicted molar refractivity (Wildman–Crippen MR) is 81.4 cm³/mol. The van der Waals surface area contributed by atoms with Crippen LogP contribution in [-0.4, -0.2) is 10.9 Å². The molecule has 19 heavy (non-hydrogen) atoms. The van der Waals surface area contributed by atoms with Crippen molar-refractivity contribution in [3.8, 4) is 0 Å². The summed E-state index contributed by atoms with van der Waals surface area (Å²) in [6.07, 6.45) is 3.59. The number of hydrogen-bond acceptors (Lipinski definition) is 3. The molecule has 0 saturated carbocycles. The second-order valence-corrected chi connectivity index (χ2v) is 6.09. The number of halogens is 1. The molecule has 2 heterocycles. The number of thiophene rings is 1. The summed E-state index contributed by atoms with van der Waals surface area (Å²) in [5, 5.41) is 5.08. The lowest BCUT2D eigenvalue weighted by atomic mass is 10.1. The van der Waals surface area contributed by atoms with E-state index in [1.165, 1.54) is 4.88 Å². The van der Waals surface area contributed by atoms with Crippen LogP contribution in [0.25, 0.3) is 0 Å². The van der Waals surface area contributed by atoms with Crippen LogP contribution in [0.1, 0.15) is 41.2 Å². The van der Waals surface area contributed by atoms with Crippen LogP contribution in [0.4, 0.5) is 0 Å². The van der Waals surface area contributed by atoms with Crippen molar-refractivity contribution in [2.45, 2.75) is 25.8 Å². The minimum Gasteiger partial charge on any atom is -0.343 e. The van der Waals surface area contributed by atoms with E-state index in [-0.39, 0.29) is 11.9 Å². The summed E-state index contributed by atoms with van der Waals surface area (Å²) in [6.45, 7) is 2.12. The summed E-state index contributed by atoms with van der Waals surface area (Å²) in [5.74, 6) is -0.126. The Morgan fingerprint density at radius 2 is 2.32 bits per heavy atom. The first-order chi connectivity index (χ1) is 9.20. The zero-order valence-electron chi connectivity index (χ0n) is 10.6. The van der Waals surface area contributed by atoms with Crippen LogP contribution in [0.2, 0.25) is 0 Å². The van der Waals surface area contributed by atoms with Crippen LogP contribution in [0, 0.1) is 0 Å². The molecule has 0 aromatic carbocycles. The highest BCUT2D eigenvalue weighted by Gasteiger charge is 2.16. The van der Waals surface area contributed by atoms with E-state index in [0.717, 1.165) is 17.3 Å². The van der Waals surface area contributed by atoms with Gasteiger partial charge in [-0.3, -0.25) is 4.79 Å². The molecule has 1 unspecified atom stereocenters. The maximum Gasteiger partial charge on any atom is 0.270 e. The molecule has 1 N–H and O–H groups in total. The Morgan fingerprint density at radius 3 is 2.89 bits per heavy atom. The average Bonchev–Trinajstić information content (AvgIpc) is 2.92. The maximum absolute atomic E-state index is 12.2. The summed E-state index contributed by atoms with van der Waals surface area (Å²) in [5.41, 5.74) is 0.445. The number of hydrogen-bond donors (Lipinski definition) is 1. The number of carbonyl (C=O) groups is 1. The van der Waals surface area contributed by atoms with Crippen LogP contribution in [-0.2, 0) is 0 Å². The fourth-order valence-corrected chi connectivity index (χ4v) is 2.85. The van der Waals surface area contributed by atoms with Gasteiger partial charge in [0, 0.05) is 15.5 Å². The van der Waals surface area contributed by atoms with E-state index in [9.17, 15) is 4.79 Å². The lowest BCUT2D eigenvalue weighted by Gasteiger charge is -2.16. The monoisotopic (exact) mass is 338 g/mol. The van der Waals surface area contributed by atoms with Gasteiger partial charge in [-0.1, -0.05) is 19.4 Å². The first kappa shape index (κ1) is 14.2. The molecule has 0 aliphatic rings. The normalized spacial score (nSPS) is 12.1. The molecule has 0 radical (unpaired) electrons. The van der Waals surface area contributed by atoms with E-state index in [2.05, 4.69) is 39.2 Å². The van der Waals surface area contributed by atoms with Crippen molar-refractivity contribution >= 4 is 33.2 Å². The molecule has 2 aromatic heterocycles. The molecule has 0 aliphatic heterocycles. The molecular weight excluding hydrogens is 324 g/mol. The third-order valence-corrected chi connectivity index (χ3v) is 4.18. The summed E-state index contributed by atoms with van der Waals surface area (Å²) < 4.78 is 0.868. The van der Waals surface area contributed by atoms with Gasteiger partial charge in [-0.2, -0.15) is 0 Å². The van der Waals surface area contributed by atoms with E-state index in [1.54, 1.807) is 23.6 Å². The highest BCUT2D eigenvalue weighted by atomic mass is 79.9. The van der Waals surface area contributed by atoms with Crippen LogP contribution in [0.3, 0.4) is 0 Å². The minimum atomic E-state index is -0.126. The van der Waals surface area contributed by atoms with Crippen molar-refractivity contribution in [1.29, 1.82) is 0 Å². The summed E-state index contributed by atoms with van der Waals surface area (Å²) in [4.78, 5) is 17.5. The number of rotatable bonds is 5. The maximum atomic E-state index is 12.2. The second kappa shape index (κ2) is 6.82. The molecule has 0 aliphatic carbocycles. The fourth-order valence-electron chi connectivity index (χ4n) is 1.81. The summed E-state index contributed by atoms with van der Waals surface area (Å²) in [7, 11) is 0. The van der Waals surface area contributed by atoms with Crippen LogP contribution < -0.4 is 5.32 Å². The fraction of sp³-hybridized carbons (Fsp3) is 0.286. The zero-order chi connectivity index (χ0) is 13.7. The molecule has 0 saturated heterocycles. The molecular formula is C14H15BrN2OS. The molecule has 2 rings (SSSR count). The number of aromatic nitrogens is 1. The van der Waals surface area contributed by atoms with Crippen LogP contribution in [0.15, 0.2) is 40.3 Å². The quantitative estimate of drug-likeness (QED) is 0.888. The van der Waals surface area contributed by atoms with Gasteiger partial charge < -0.3 is 5.32 Å². The van der Waals surface area contributed by atoms with E-state index in [0.29, 0.717) is 5.69 Å². The van der Waals surface area contributed by atoms with Gasteiger partial charge in [0.15, 0.2) is 0 Å². The number of nitrogens with zero attached hydrogens (tertiary/aromatic N) is 1. The molecule has 1 atom stereocenters. The smallest absolute Gasteiger partial charge is 0.270 e. The molecule has 5 heteroatoms. The van der Waals surface area contributed by atoms with Crippen LogP contribution >= 0.6 is 27.3 Å². The molecule has 0 bridgehead atoms. The predicted octanol–water partition coefficient (Wildman–Crippen LogP) is 4.18. The Labute approximate surface area is 125 Å². The molecule has 0 fully saturated rings. The Kier molecular flexibility index (Phi) is 5.10. The van der Waals surface area contributed by atoms with E-state index in [1.807, 2.05) is 17.5 Å². The molecule has 3 nitrogen and oxygen atoms in total. The van der Waals surface area contributed by atoms with Gasteiger partial charge in [0.25, 0.3) is 5.91 Å². The van der Waals surface area contributed by atoms with E-state index in [4.69, 9.17) is 0 Å². The third-order valence-electron chi connectivity index (χ3n) is 2.73. The van der Waals surface area contributed by atoms with Crippen LogP contribution in [0.5, 0.6) is 0 Å². The van der Waals surface area contributed by atoms with Crippen molar-refractivity contribution in [1.82, 2.24) is 10.3 Å². The third kappa shape index (κ3) is 3.88. The highest BCUT2D eigenvalue weighted by molar-refractivity contribution is 9.10. The molecule has 0 spiro atoms. The van der Waals surface area contributed by atoms with Gasteiger partial charge in [-0.15, -0.1) is 11.3 Å². The van der Waals surface area contributed by atoms with Crippen molar-refractivity contribution in [2.75, 3.05) is 0 Å². The first-order valence-electron chi connectivity index (χ1n) is 6.16. The number of nitrogens with one attached hydrogen (secondary N) is 1. The minimum absolute atomic E-state index is 0.0722. The van der Waals surface area contributed by atoms with Gasteiger partial charge in [0.05, 0.1) is 6.04 Å². The molecule has 1 amide bonds. The highest BCUT2D eigenvalue weighted by Crippen LogP contribution is 2.23. The SMILES string of the molecule is CCCC(NC(=O)c1ccc(Br)cn1)c1cccs1. The summed E-state index contributed by atoms with van der Waals surface area (Å²) >= 11 is 4.98. The topological polar surface area (TPSA) is 42.0 Å². The van der Waals surface area contributed by atoms with E-state index >= 15 is 0 Å². The first-order valence-corrected chi connectivity index (χ1v) is 7.83. The largest absolute Gasteiger partial charge is 0.343 e. The van der Waals surface area contributed by atoms with Gasteiger partial charge in [-0.25, -0.2) is 4.98 Å². The second-order valence-electron chi connectivity index (χ2n) is 4.19. The Bertz CT molecular complexity index is 525. The molecule has 100 valence electrons. The average molecular weight is 339 g/mol. The zero-order valence-corrected chi connectivity index (χ0v) is 13.0. The molecule has 2 aromatic rings. The summed E-state index contributed by atoms with van der Waals surface area (Å²) in [6, 6.07) is 7.68.